The number of methoxy groups -OCH3 is 1. The Bertz CT molecular complexity index is 1100. The first kappa shape index (κ1) is 22.6. The lowest BCUT2D eigenvalue weighted by atomic mass is 10.1. The second kappa shape index (κ2) is 10.8. The number of esters is 2. The maximum absolute atomic E-state index is 13.2. The van der Waals surface area contributed by atoms with E-state index in [4.69, 9.17) is 14.2 Å². The van der Waals surface area contributed by atoms with E-state index in [1.54, 1.807) is 66.7 Å². The van der Waals surface area contributed by atoms with Crippen molar-refractivity contribution < 1.29 is 28.6 Å². The number of hydrogen-bond donors (Lipinski definition) is 1. The van der Waals surface area contributed by atoms with Crippen LogP contribution in [0, 0.1) is 0 Å². The van der Waals surface area contributed by atoms with Gasteiger partial charge in [-0.2, -0.15) is 0 Å². The highest BCUT2D eigenvalue weighted by Gasteiger charge is 2.28. The first-order valence-electron chi connectivity index (χ1n) is 10.0. The van der Waals surface area contributed by atoms with Crippen molar-refractivity contribution >= 4 is 23.5 Å². The quantitative estimate of drug-likeness (QED) is 0.529. The highest BCUT2D eigenvalue weighted by molar-refractivity contribution is 6.04. The van der Waals surface area contributed by atoms with Gasteiger partial charge in [0.15, 0.2) is 0 Å². The number of hydrogen-bond acceptors (Lipinski definition) is 6. The van der Waals surface area contributed by atoms with Crippen LogP contribution in [0.15, 0.2) is 78.9 Å². The summed E-state index contributed by atoms with van der Waals surface area (Å²) in [5, 5.41) is 2.77. The fourth-order valence-electron chi connectivity index (χ4n) is 3.07. The Kier molecular flexibility index (Phi) is 7.59. The molecule has 0 fully saturated rings. The normalized spacial score (nSPS) is 11.2. The molecule has 0 aliphatic carbocycles. The van der Waals surface area contributed by atoms with Crippen molar-refractivity contribution in [1.82, 2.24) is 0 Å². The Labute approximate surface area is 185 Å². The minimum atomic E-state index is -1.26. The van der Waals surface area contributed by atoms with Gasteiger partial charge in [0.1, 0.15) is 5.75 Å². The fourth-order valence-corrected chi connectivity index (χ4v) is 3.07. The minimum Gasteiger partial charge on any atom is -0.492 e. The molecule has 32 heavy (non-hydrogen) atoms. The van der Waals surface area contributed by atoms with Gasteiger partial charge in [-0.15, -0.1) is 0 Å². The molecule has 0 aliphatic rings. The predicted octanol–water partition coefficient (Wildman–Crippen LogP) is 4.41. The van der Waals surface area contributed by atoms with Crippen molar-refractivity contribution in [3.63, 3.8) is 0 Å². The lowest BCUT2D eigenvalue weighted by molar-refractivity contribution is -0.125. The van der Waals surface area contributed by atoms with Crippen LogP contribution in [0.5, 0.6) is 5.75 Å². The maximum atomic E-state index is 13.2. The number of para-hydroxylation sites is 2. The van der Waals surface area contributed by atoms with Gasteiger partial charge in [0.25, 0.3) is 5.91 Å². The molecule has 3 aromatic carbocycles. The van der Waals surface area contributed by atoms with Gasteiger partial charge in [0.05, 0.1) is 30.5 Å². The standard InChI is InChI=1S/C25H23NO6/c1-3-31-21-16-10-9-15-20(21)26-23(27)22(17-11-5-4-6-12-17)32-25(29)19-14-8-7-13-18(19)24(28)30-2/h4-16,22H,3H2,1-2H3,(H,26,27). The zero-order chi connectivity index (χ0) is 22.9. The average molecular weight is 433 g/mol. The minimum absolute atomic E-state index is 0.00259. The molecular formula is C25H23NO6. The molecule has 3 aromatic rings. The Morgan fingerprint density at radius 1 is 0.812 bits per heavy atom. The molecule has 0 spiro atoms. The van der Waals surface area contributed by atoms with Crippen molar-refractivity contribution in [2.45, 2.75) is 13.0 Å². The molecule has 1 unspecified atom stereocenters. The second-order valence-electron chi connectivity index (χ2n) is 6.65. The smallest absolute Gasteiger partial charge is 0.340 e. The second-order valence-corrected chi connectivity index (χ2v) is 6.65. The number of carbonyl (C=O) groups is 3. The van der Waals surface area contributed by atoms with Crippen molar-refractivity contribution in [1.29, 1.82) is 0 Å². The van der Waals surface area contributed by atoms with Gasteiger partial charge in [-0.25, -0.2) is 9.59 Å². The van der Waals surface area contributed by atoms with E-state index < -0.39 is 23.9 Å². The van der Waals surface area contributed by atoms with Crippen LogP contribution in [0.1, 0.15) is 39.3 Å². The predicted molar refractivity (Wildman–Crippen MR) is 119 cm³/mol. The van der Waals surface area contributed by atoms with Crippen LogP contribution >= 0.6 is 0 Å². The lowest BCUT2D eigenvalue weighted by Gasteiger charge is -2.19. The van der Waals surface area contributed by atoms with E-state index in [-0.39, 0.29) is 11.1 Å². The van der Waals surface area contributed by atoms with Crippen molar-refractivity contribution in [3.05, 3.63) is 95.6 Å². The number of amides is 1. The molecule has 0 radical (unpaired) electrons. The monoisotopic (exact) mass is 433 g/mol. The van der Waals surface area contributed by atoms with E-state index in [9.17, 15) is 14.4 Å². The summed E-state index contributed by atoms with van der Waals surface area (Å²) in [5.41, 5.74) is 0.978. The number of ether oxygens (including phenoxy) is 3. The van der Waals surface area contributed by atoms with Gasteiger partial charge < -0.3 is 19.5 Å². The van der Waals surface area contributed by atoms with Gasteiger partial charge in [0, 0.05) is 5.56 Å². The molecule has 7 heteroatoms. The molecule has 164 valence electrons. The van der Waals surface area contributed by atoms with Gasteiger partial charge >= 0.3 is 11.9 Å². The first-order chi connectivity index (χ1) is 15.5. The van der Waals surface area contributed by atoms with E-state index in [0.717, 1.165) is 0 Å². The highest BCUT2D eigenvalue weighted by Crippen LogP contribution is 2.27. The van der Waals surface area contributed by atoms with E-state index in [1.165, 1.54) is 19.2 Å². The summed E-state index contributed by atoms with van der Waals surface area (Å²) in [7, 11) is 1.22. The van der Waals surface area contributed by atoms with Crippen LogP contribution in [-0.2, 0) is 14.3 Å². The molecule has 1 amide bonds. The van der Waals surface area contributed by atoms with E-state index >= 15 is 0 Å². The summed E-state index contributed by atoms with van der Waals surface area (Å²) in [6.07, 6.45) is -1.26. The third-order valence-electron chi connectivity index (χ3n) is 4.56. The topological polar surface area (TPSA) is 90.9 Å². The number of benzene rings is 3. The van der Waals surface area contributed by atoms with Gasteiger partial charge in [-0.1, -0.05) is 54.6 Å². The lowest BCUT2D eigenvalue weighted by Crippen LogP contribution is -2.26. The Hall–Kier alpha value is -4.13. The first-order valence-corrected chi connectivity index (χ1v) is 10.0. The summed E-state index contributed by atoms with van der Waals surface area (Å²) in [6, 6.07) is 21.7. The summed E-state index contributed by atoms with van der Waals surface area (Å²) in [5.74, 6) is -1.57. The largest absolute Gasteiger partial charge is 0.492 e. The van der Waals surface area contributed by atoms with Crippen molar-refractivity contribution in [2.75, 3.05) is 19.0 Å². The summed E-state index contributed by atoms with van der Waals surface area (Å²) in [6.45, 7) is 2.26. The third kappa shape index (κ3) is 5.31. The summed E-state index contributed by atoms with van der Waals surface area (Å²) in [4.78, 5) is 38.2. The third-order valence-corrected chi connectivity index (χ3v) is 4.56. The summed E-state index contributed by atoms with van der Waals surface area (Å²) >= 11 is 0. The molecule has 0 saturated heterocycles. The molecule has 1 atom stereocenters. The van der Waals surface area contributed by atoms with Crippen molar-refractivity contribution in [3.8, 4) is 5.75 Å². The fraction of sp³-hybridized carbons (Fsp3) is 0.160. The van der Waals surface area contributed by atoms with Crippen LogP contribution < -0.4 is 10.1 Å². The van der Waals surface area contributed by atoms with E-state index in [1.807, 2.05) is 6.92 Å². The highest BCUT2D eigenvalue weighted by atomic mass is 16.5. The van der Waals surface area contributed by atoms with E-state index in [0.29, 0.717) is 23.6 Å². The Morgan fingerprint density at radius 3 is 2.06 bits per heavy atom. The van der Waals surface area contributed by atoms with Crippen LogP contribution in [-0.4, -0.2) is 31.6 Å². The number of rotatable bonds is 8. The molecule has 0 heterocycles. The number of nitrogens with one attached hydrogen (secondary N) is 1. The molecule has 3 rings (SSSR count). The van der Waals surface area contributed by atoms with Crippen molar-refractivity contribution in [2.24, 2.45) is 0 Å². The van der Waals surface area contributed by atoms with E-state index in [2.05, 4.69) is 5.32 Å². The zero-order valence-corrected chi connectivity index (χ0v) is 17.7. The maximum Gasteiger partial charge on any atom is 0.340 e. The molecule has 7 nitrogen and oxygen atoms in total. The number of anilines is 1. The molecular weight excluding hydrogens is 410 g/mol. The zero-order valence-electron chi connectivity index (χ0n) is 17.7. The van der Waals surface area contributed by atoms with Crippen LogP contribution in [0.2, 0.25) is 0 Å². The van der Waals surface area contributed by atoms with Gasteiger partial charge in [0.2, 0.25) is 6.10 Å². The van der Waals surface area contributed by atoms with Crippen LogP contribution in [0.25, 0.3) is 0 Å². The molecule has 0 saturated carbocycles. The van der Waals surface area contributed by atoms with Crippen LogP contribution in [0.3, 0.4) is 0 Å². The molecule has 1 N–H and O–H groups in total. The molecule has 0 bridgehead atoms. The Morgan fingerprint density at radius 2 is 1.41 bits per heavy atom. The SMILES string of the molecule is CCOc1ccccc1NC(=O)C(OC(=O)c1ccccc1C(=O)OC)c1ccccc1. The Balaban J connectivity index is 1.91. The van der Waals surface area contributed by atoms with Gasteiger partial charge in [-0.3, -0.25) is 4.79 Å². The number of carbonyl (C=O) groups excluding carboxylic acids is 3. The summed E-state index contributed by atoms with van der Waals surface area (Å²) < 4.78 is 15.9. The van der Waals surface area contributed by atoms with Crippen LogP contribution in [0.4, 0.5) is 5.69 Å². The molecule has 0 aliphatic heterocycles. The average Bonchev–Trinajstić information content (AvgIpc) is 2.83. The van der Waals surface area contributed by atoms with Gasteiger partial charge in [-0.05, 0) is 31.2 Å². The molecule has 0 aromatic heterocycles.